The predicted molar refractivity (Wildman–Crippen MR) is 61.8 cm³/mol. The van der Waals surface area contributed by atoms with Crippen molar-refractivity contribution in [3.63, 3.8) is 0 Å². The van der Waals surface area contributed by atoms with Crippen molar-refractivity contribution >= 4 is 28.5 Å². The smallest absolute Gasteiger partial charge is 0.306 e. The SMILES string of the molecule is CN(C1=NC(=O)SC1)c1ccc(O)cc1. The Hall–Kier alpha value is -1.49. The second-order valence-electron chi connectivity index (χ2n) is 3.16. The lowest BCUT2D eigenvalue weighted by molar-refractivity contribution is 0.268. The fourth-order valence-electron chi connectivity index (χ4n) is 1.29. The minimum atomic E-state index is -0.143. The molecule has 1 aromatic carbocycles. The first-order valence-corrected chi connectivity index (χ1v) is 5.42. The summed E-state index contributed by atoms with van der Waals surface area (Å²) in [4.78, 5) is 16.7. The van der Waals surface area contributed by atoms with E-state index < -0.39 is 0 Å². The lowest BCUT2D eigenvalue weighted by Crippen LogP contribution is -2.26. The molecule has 0 saturated heterocycles. The van der Waals surface area contributed by atoms with Gasteiger partial charge in [0.2, 0.25) is 0 Å². The van der Waals surface area contributed by atoms with Crippen LogP contribution < -0.4 is 4.90 Å². The van der Waals surface area contributed by atoms with Gasteiger partial charge in [-0.25, -0.2) is 0 Å². The maximum atomic E-state index is 11.0. The molecule has 4 nitrogen and oxygen atoms in total. The van der Waals surface area contributed by atoms with Gasteiger partial charge in [0.05, 0.1) is 5.75 Å². The molecule has 78 valence electrons. The Bertz CT molecular complexity index is 414. The number of hydrogen-bond acceptors (Lipinski definition) is 4. The molecule has 2 rings (SSSR count). The summed E-state index contributed by atoms with van der Waals surface area (Å²) in [6.45, 7) is 0. The lowest BCUT2D eigenvalue weighted by atomic mass is 10.3. The molecular formula is C10H10N2O2S. The number of amides is 1. The van der Waals surface area contributed by atoms with Crippen molar-refractivity contribution in [2.45, 2.75) is 0 Å². The molecule has 0 fully saturated rings. The maximum absolute atomic E-state index is 11.0. The third kappa shape index (κ3) is 2.12. The molecule has 5 heteroatoms. The van der Waals surface area contributed by atoms with Crippen LogP contribution in [-0.2, 0) is 0 Å². The van der Waals surface area contributed by atoms with Gasteiger partial charge in [-0.2, -0.15) is 4.99 Å². The Morgan fingerprint density at radius 2 is 2.07 bits per heavy atom. The Morgan fingerprint density at radius 3 is 2.60 bits per heavy atom. The van der Waals surface area contributed by atoms with E-state index in [0.29, 0.717) is 5.75 Å². The minimum Gasteiger partial charge on any atom is -0.508 e. The fraction of sp³-hybridized carbons (Fsp3) is 0.200. The third-order valence-electron chi connectivity index (χ3n) is 2.17. The van der Waals surface area contributed by atoms with Gasteiger partial charge in [0.25, 0.3) is 0 Å². The molecule has 0 unspecified atom stereocenters. The quantitative estimate of drug-likeness (QED) is 0.790. The number of aromatic hydroxyl groups is 1. The Morgan fingerprint density at radius 1 is 1.40 bits per heavy atom. The molecule has 1 N–H and O–H groups in total. The number of anilines is 1. The Balaban J connectivity index is 2.21. The summed E-state index contributed by atoms with van der Waals surface area (Å²) in [7, 11) is 1.85. The summed E-state index contributed by atoms with van der Waals surface area (Å²) >= 11 is 1.20. The molecule has 1 aliphatic rings. The minimum absolute atomic E-state index is 0.143. The summed E-state index contributed by atoms with van der Waals surface area (Å²) in [5.74, 6) is 1.58. The van der Waals surface area contributed by atoms with E-state index in [1.807, 2.05) is 11.9 Å². The molecule has 0 bridgehead atoms. The van der Waals surface area contributed by atoms with Crippen LogP contribution in [0.4, 0.5) is 10.5 Å². The van der Waals surface area contributed by atoms with Crippen molar-refractivity contribution in [3.05, 3.63) is 24.3 Å². The van der Waals surface area contributed by atoms with Crippen molar-refractivity contribution in [1.82, 2.24) is 0 Å². The summed E-state index contributed by atoms with van der Waals surface area (Å²) in [6, 6.07) is 6.78. The highest BCUT2D eigenvalue weighted by Crippen LogP contribution is 2.22. The summed E-state index contributed by atoms with van der Waals surface area (Å²) in [6.07, 6.45) is 0. The highest BCUT2D eigenvalue weighted by atomic mass is 32.2. The number of thioether (sulfide) groups is 1. The number of carbonyl (C=O) groups is 1. The number of phenolic OH excluding ortho intramolecular Hbond substituents is 1. The summed E-state index contributed by atoms with van der Waals surface area (Å²) < 4.78 is 0. The van der Waals surface area contributed by atoms with Crippen LogP contribution in [0.25, 0.3) is 0 Å². The normalized spacial score (nSPS) is 15.3. The molecule has 1 aliphatic heterocycles. The number of amidine groups is 1. The molecule has 0 aromatic heterocycles. The molecule has 1 aromatic rings. The monoisotopic (exact) mass is 222 g/mol. The van der Waals surface area contributed by atoms with E-state index in [9.17, 15) is 4.79 Å². The van der Waals surface area contributed by atoms with E-state index in [4.69, 9.17) is 5.11 Å². The molecular weight excluding hydrogens is 212 g/mol. The third-order valence-corrected chi connectivity index (χ3v) is 2.91. The molecule has 15 heavy (non-hydrogen) atoms. The average Bonchev–Trinajstić information content (AvgIpc) is 2.65. The topological polar surface area (TPSA) is 52.9 Å². The van der Waals surface area contributed by atoms with Gasteiger partial charge >= 0.3 is 5.24 Å². The van der Waals surface area contributed by atoms with Crippen molar-refractivity contribution in [2.24, 2.45) is 4.99 Å². The number of nitrogens with zero attached hydrogens (tertiary/aromatic N) is 2. The average molecular weight is 222 g/mol. The van der Waals surface area contributed by atoms with Crippen LogP contribution in [-0.4, -0.2) is 29.0 Å². The van der Waals surface area contributed by atoms with Gasteiger partial charge < -0.3 is 10.0 Å². The number of aliphatic imine (C=N–C) groups is 1. The molecule has 0 aliphatic carbocycles. The van der Waals surface area contributed by atoms with Gasteiger partial charge in [0, 0.05) is 12.7 Å². The molecule has 1 amide bonds. The highest BCUT2D eigenvalue weighted by Gasteiger charge is 2.18. The highest BCUT2D eigenvalue weighted by molar-refractivity contribution is 8.14. The molecule has 0 spiro atoms. The largest absolute Gasteiger partial charge is 0.508 e. The van der Waals surface area contributed by atoms with Crippen LogP contribution in [0.1, 0.15) is 0 Å². The zero-order valence-electron chi connectivity index (χ0n) is 8.17. The first-order chi connectivity index (χ1) is 7.16. The summed E-state index contributed by atoms with van der Waals surface area (Å²) in [5.41, 5.74) is 0.904. The van der Waals surface area contributed by atoms with Crippen LogP contribution >= 0.6 is 11.8 Å². The predicted octanol–water partition coefficient (Wildman–Crippen LogP) is 2.09. The zero-order chi connectivity index (χ0) is 10.8. The standard InChI is InChI=1S/C10H10N2O2S/c1-12(9-6-15-10(14)11-9)7-2-4-8(13)5-3-7/h2-5,13H,6H2,1H3. The number of carbonyl (C=O) groups excluding carboxylic acids is 1. The van der Waals surface area contributed by atoms with Crippen LogP contribution in [0.15, 0.2) is 29.3 Å². The number of benzene rings is 1. The zero-order valence-corrected chi connectivity index (χ0v) is 8.99. The van der Waals surface area contributed by atoms with E-state index in [1.54, 1.807) is 24.3 Å². The molecule has 0 saturated carbocycles. The van der Waals surface area contributed by atoms with Gasteiger partial charge in [-0.15, -0.1) is 0 Å². The van der Waals surface area contributed by atoms with Crippen molar-refractivity contribution < 1.29 is 9.90 Å². The Kier molecular flexibility index (Phi) is 2.64. The molecule has 1 heterocycles. The maximum Gasteiger partial charge on any atom is 0.306 e. The van der Waals surface area contributed by atoms with Crippen LogP contribution in [0.2, 0.25) is 0 Å². The number of phenols is 1. The van der Waals surface area contributed by atoms with E-state index in [0.717, 1.165) is 11.5 Å². The van der Waals surface area contributed by atoms with E-state index in [1.165, 1.54) is 11.8 Å². The van der Waals surface area contributed by atoms with Crippen LogP contribution in [0, 0.1) is 0 Å². The van der Waals surface area contributed by atoms with E-state index in [2.05, 4.69) is 4.99 Å². The van der Waals surface area contributed by atoms with Gasteiger partial charge in [0.15, 0.2) is 0 Å². The van der Waals surface area contributed by atoms with Crippen LogP contribution in [0.3, 0.4) is 0 Å². The molecule has 0 radical (unpaired) electrons. The fourth-order valence-corrected chi connectivity index (χ4v) is 1.97. The van der Waals surface area contributed by atoms with E-state index in [-0.39, 0.29) is 11.0 Å². The first kappa shape index (κ1) is 10.0. The van der Waals surface area contributed by atoms with Gasteiger partial charge in [-0.3, -0.25) is 4.79 Å². The van der Waals surface area contributed by atoms with Crippen LogP contribution in [0.5, 0.6) is 5.75 Å². The van der Waals surface area contributed by atoms with Crippen molar-refractivity contribution in [3.8, 4) is 5.75 Å². The molecule has 0 atom stereocenters. The van der Waals surface area contributed by atoms with Gasteiger partial charge in [-0.05, 0) is 24.3 Å². The second kappa shape index (κ2) is 3.94. The van der Waals surface area contributed by atoms with Crippen molar-refractivity contribution in [2.75, 3.05) is 17.7 Å². The first-order valence-electron chi connectivity index (χ1n) is 4.44. The van der Waals surface area contributed by atoms with Crippen molar-refractivity contribution in [1.29, 1.82) is 0 Å². The van der Waals surface area contributed by atoms with E-state index >= 15 is 0 Å². The lowest BCUT2D eigenvalue weighted by Gasteiger charge is -2.17. The van der Waals surface area contributed by atoms with Gasteiger partial charge in [-0.1, -0.05) is 11.8 Å². The second-order valence-corrected chi connectivity index (χ2v) is 4.08. The number of hydrogen-bond donors (Lipinski definition) is 1. The number of rotatable bonds is 1. The Labute approximate surface area is 91.6 Å². The summed E-state index contributed by atoms with van der Waals surface area (Å²) in [5, 5.41) is 9.00. The van der Waals surface area contributed by atoms with Gasteiger partial charge in [0.1, 0.15) is 11.6 Å².